The highest BCUT2D eigenvalue weighted by molar-refractivity contribution is 6.35. The van der Waals surface area contributed by atoms with Crippen molar-refractivity contribution in [2.24, 2.45) is 0 Å². The lowest BCUT2D eigenvalue weighted by molar-refractivity contribution is 0.455. The molecule has 3 heteroatoms. The zero-order valence-electron chi connectivity index (χ0n) is 17.6. The third-order valence-corrected chi connectivity index (χ3v) is 5.72. The zero-order valence-corrected chi connectivity index (χ0v) is 18.4. The van der Waals surface area contributed by atoms with Crippen molar-refractivity contribution < 1.29 is 4.74 Å². The van der Waals surface area contributed by atoms with E-state index in [4.69, 9.17) is 16.3 Å². The third kappa shape index (κ3) is 4.21. The number of nitrogens with zero attached hydrogens (tertiary/aromatic N) is 1. The van der Waals surface area contributed by atoms with Crippen LogP contribution < -0.4 is 4.74 Å². The average molecular weight is 416 g/mol. The molecule has 30 heavy (non-hydrogen) atoms. The van der Waals surface area contributed by atoms with Crippen molar-refractivity contribution in [1.82, 2.24) is 4.90 Å². The summed E-state index contributed by atoms with van der Waals surface area (Å²) in [5.41, 5.74) is 5.56. The van der Waals surface area contributed by atoms with Gasteiger partial charge in [-0.2, -0.15) is 0 Å². The molecule has 0 spiro atoms. The second-order valence-electron chi connectivity index (χ2n) is 7.91. The highest BCUT2D eigenvalue weighted by atomic mass is 35.5. The lowest BCUT2D eigenvalue weighted by Gasteiger charge is -2.21. The van der Waals surface area contributed by atoms with Crippen molar-refractivity contribution in [3.8, 4) is 5.75 Å². The molecule has 1 aliphatic heterocycles. The monoisotopic (exact) mass is 415 g/mol. The minimum Gasteiger partial charge on any atom is -0.455 e. The van der Waals surface area contributed by atoms with Crippen molar-refractivity contribution in [2.45, 2.75) is 12.8 Å². The number of allylic oxidation sites excluding steroid dienone is 2. The molecule has 0 saturated carbocycles. The molecule has 3 aromatic carbocycles. The molecule has 0 amide bonds. The predicted octanol–water partition coefficient (Wildman–Crippen LogP) is 6.61. The van der Waals surface area contributed by atoms with Crippen molar-refractivity contribution in [2.75, 3.05) is 20.6 Å². The molecule has 0 N–H and O–H groups in total. The van der Waals surface area contributed by atoms with Gasteiger partial charge in [0.05, 0.1) is 5.03 Å². The Balaban J connectivity index is 1.97. The van der Waals surface area contributed by atoms with Crippen LogP contribution >= 0.6 is 11.6 Å². The number of benzene rings is 3. The molecule has 0 fully saturated rings. The smallest absolute Gasteiger partial charge is 0.153 e. The van der Waals surface area contributed by atoms with Gasteiger partial charge >= 0.3 is 0 Å². The first kappa shape index (κ1) is 20.5. The van der Waals surface area contributed by atoms with Crippen LogP contribution in [-0.2, 0) is 0 Å². The van der Waals surface area contributed by atoms with Gasteiger partial charge in [-0.1, -0.05) is 96.0 Å². The van der Waals surface area contributed by atoms with E-state index in [9.17, 15) is 0 Å². The minimum atomic E-state index is -0.00204. The van der Waals surface area contributed by atoms with Crippen LogP contribution in [0.3, 0.4) is 0 Å². The fraction of sp³-hybridized carbons (Fsp3) is 0.185. The number of hydrogen-bond acceptors (Lipinski definition) is 2. The van der Waals surface area contributed by atoms with Crippen LogP contribution in [0.15, 0.2) is 95.5 Å². The van der Waals surface area contributed by atoms with E-state index in [0.717, 1.165) is 29.0 Å². The molecule has 4 rings (SSSR count). The molecule has 1 atom stereocenters. The van der Waals surface area contributed by atoms with Crippen LogP contribution in [0.25, 0.3) is 5.76 Å². The van der Waals surface area contributed by atoms with Crippen LogP contribution in [0, 0.1) is 6.92 Å². The summed E-state index contributed by atoms with van der Waals surface area (Å²) in [6.45, 7) is 2.87. The summed E-state index contributed by atoms with van der Waals surface area (Å²) in [6.07, 6.45) is 2.22. The Kier molecular flexibility index (Phi) is 6.08. The lowest BCUT2D eigenvalue weighted by Crippen LogP contribution is -2.13. The summed E-state index contributed by atoms with van der Waals surface area (Å²) in [4.78, 5) is 2.14. The second-order valence-corrected chi connectivity index (χ2v) is 8.29. The maximum atomic E-state index is 7.11. The minimum absolute atomic E-state index is 0.00204. The van der Waals surface area contributed by atoms with E-state index in [-0.39, 0.29) is 5.92 Å². The molecular weight excluding hydrogens is 390 g/mol. The fourth-order valence-electron chi connectivity index (χ4n) is 3.78. The summed E-state index contributed by atoms with van der Waals surface area (Å²) in [6, 6.07) is 27.1. The standard InChI is InChI=1S/C27H26ClNO/c1-19-13-15-21(16-14-19)27-26(28)23(17-18-29(2)3)25(20-9-5-4-6-10-20)22-11-7-8-12-24(22)30-27/h4-17,25H,18H2,1-3H3/b23-17-/t25-/m0/s1. The van der Waals surface area contributed by atoms with Gasteiger partial charge in [0.15, 0.2) is 5.76 Å². The maximum Gasteiger partial charge on any atom is 0.153 e. The number of ether oxygens (including phenoxy) is 1. The lowest BCUT2D eigenvalue weighted by atomic mass is 9.84. The first-order valence-corrected chi connectivity index (χ1v) is 10.6. The van der Waals surface area contributed by atoms with E-state index in [2.05, 4.69) is 92.7 Å². The summed E-state index contributed by atoms with van der Waals surface area (Å²) >= 11 is 7.11. The van der Waals surface area contributed by atoms with Gasteiger partial charge in [0.25, 0.3) is 0 Å². The van der Waals surface area contributed by atoms with E-state index in [0.29, 0.717) is 10.8 Å². The molecule has 3 aromatic rings. The Hall–Kier alpha value is -2.81. The molecule has 0 saturated heterocycles. The molecule has 0 bridgehead atoms. The number of rotatable bonds is 4. The van der Waals surface area contributed by atoms with E-state index in [1.54, 1.807) is 0 Å². The molecular formula is C27H26ClNO. The van der Waals surface area contributed by atoms with Gasteiger partial charge < -0.3 is 9.64 Å². The number of aryl methyl sites for hydroxylation is 1. The van der Waals surface area contributed by atoms with Gasteiger partial charge in [0, 0.05) is 23.6 Å². The van der Waals surface area contributed by atoms with E-state index in [1.807, 2.05) is 18.2 Å². The zero-order chi connectivity index (χ0) is 21.1. The van der Waals surface area contributed by atoms with E-state index in [1.165, 1.54) is 11.1 Å². The van der Waals surface area contributed by atoms with Gasteiger partial charge in [0.2, 0.25) is 0 Å². The number of para-hydroxylation sites is 1. The first-order valence-electron chi connectivity index (χ1n) is 10.2. The van der Waals surface area contributed by atoms with Crippen LogP contribution in [-0.4, -0.2) is 25.5 Å². The summed E-state index contributed by atoms with van der Waals surface area (Å²) in [7, 11) is 4.13. The molecule has 0 radical (unpaired) electrons. The van der Waals surface area contributed by atoms with Crippen LogP contribution in [0.4, 0.5) is 0 Å². The molecule has 1 aliphatic rings. The van der Waals surface area contributed by atoms with Gasteiger partial charge in [-0.15, -0.1) is 0 Å². The summed E-state index contributed by atoms with van der Waals surface area (Å²) < 4.78 is 6.48. The largest absolute Gasteiger partial charge is 0.455 e. The van der Waals surface area contributed by atoms with Gasteiger partial charge in [-0.05, 0) is 38.2 Å². The topological polar surface area (TPSA) is 12.5 Å². The van der Waals surface area contributed by atoms with Crippen molar-refractivity contribution in [3.63, 3.8) is 0 Å². The van der Waals surface area contributed by atoms with Gasteiger partial charge in [0.1, 0.15) is 5.75 Å². The van der Waals surface area contributed by atoms with Crippen LogP contribution in [0.2, 0.25) is 0 Å². The first-order chi connectivity index (χ1) is 14.5. The number of fused-ring (bicyclic) bond motifs is 1. The predicted molar refractivity (Wildman–Crippen MR) is 126 cm³/mol. The molecule has 1 heterocycles. The Morgan fingerprint density at radius 3 is 2.27 bits per heavy atom. The fourth-order valence-corrected chi connectivity index (χ4v) is 4.11. The van der Waals surface area contributed by atoms with Gasteiger partial charge in [-0.25, -0.2) is 0 Å². The normalized spacial score (nSPS) is 17.6. The van der Waals surface area contributed by atoms with E-state index < -0.39 is 0 Å². The number of likely N-dealkylation sites (N-methyl/N-ethyl adjacent to an activating group) is 1. The molecule has 0 aromatic heterocycles. The number of hydrogen-bond donors (Lipinski definition) is 0. The number of halogens is 1. The molecule has 0 aliphatic carbocycles. The Morgan fingerprint density at radius 2 is 1.57 bits per heavy atom. The maximum absolute atomic E-state index is 7.11. The Bertz CT molecular complexity index is 1080. The Morgan fingerprint density at radius 1 is 0.900 bits per heavy atom. The van der Waals surface area contributed by atoms with E-state index >= 15 is 0 Å². The molecule has 2 nitrogen and oxygen atoms in total. The van der Waals surface area contributed by atoms with Crippen LogP contribution in [0.1, 0.15) is 28.2 Å². The Labute approximate surface area is 184 Å². The highest BCUT2D eigenvalue weighted by Gasteiger charge is 2.30. The van der Waals surface area contributed by atoms with Crippen molar-refractivity contribution in [1.29, 1.82) is 0 Å². The third-order valence-electron chi connectivity index (χ3n) is 5.33. The summed E-state index contributed by atoms with van der Waals surface area (Å²) in [5.74, 6) is 1.54. The molecule has 152 valence electrons. The SMILES string of the molecule is Cc1ccc(C2=C(Cl)/C(=C\CN(C)C)[C@@H](c3ccccc3)c3ccccc3O2)cc1. The second kappa shape index (κ2) is 8.91. The van der Waals surface area contributed by atoms with Crippen LogP contribution in [0.5, 0.6) is 5.75 Å². The highest BCUT2D eigenvalue weighted by Crippen LogP contribution is 2.47. The van der Waals surface area contributed by atoms with Crippen molar-refractivity contribution in [3.05, 3.63) is 118 Å². The quantitative estimate of drug-likeness (QED) is 0.475. The van der Waals surface area contributed by atoms with Gasteiger partial charge in [-0.3, -0.25) is 0 Å². The summed E-state index contributed by atoms with van der Waals surface area (Å²) in [5, 5.41) is 0.658. The van der Waals surface area contributed by atoms with Crippen molar-refractivity contribution >= 4 is 17.4 Å². The molecule has 0 unspecified atom stereocenters. The average Bonchev–Trinajstić information content (AvgIpc) is 2.88.